The number of unbranched alkanes of at least 4 members (excludes halogenated alkanes) is 1. The fourth-order valence-electron chi connectivity index (χ4n) is 21.2. The number of nitrogens with two attached hydrogens (primary N) is 3. The number of Topliss-reactive ketones (excluding diaryl/α,β-unsaturated/α-hetero) is 5. The quantitative estimate of drug-likeness (QED) is 0.0125. The van der Waals surface area contributed by atoms with Gasteiger partial charge < -0.3 is 58.0 Å². The Labute approximate surface area is 746 Å². The highest BCUT2D eigenvalue weighted by molar-refractivity contribution is 7.99. The number of fused-ring (bicyclic) bond motifs is 5. The molecular weight excluding hydrogens is 1600 g/mol. The number of nitrogens with one attached hydrogen (secondary N) is 5. The Morgan fingerprint density at radius 1 is 0.536 bits per heavy atom. The SMILES string of the molecule is C[C@@H](O)[C@@H]1NC(=O)[C@H](CCCCN)CC(=O)[C@@H](Cc2c[nH]c3ccccc23)NC(=O)[C@H](Cc2ccccc2)CC(=O)[C@H](Cc2ccccc2)NC(=O)[C@H](CCCN=C(N)N)CC(=O)[C@H](N(CCSC[C@@H]2C[C@@H]3c4cccc5c4C(=CC5)C[C@H]3N(C)C2)CCSC[C@@H]2C[C@@H]3c4cccc5[nH]cc(c45)C[C@H]3N(C)C2)CCCCCC(=O)[C@H](Cc2ccccc2)CC1=O. The molecule has 0 unspecified atom stereocenters. The average Bonchev–Trinajstić information content (AvgIpc) is 1.66. The van der Waals surface area contributed by atoms with E-state index in [2.05, 4.69) is 108 Å². The summed E-state index contributed by atoms with van der Waals surface area (Å²) in [6.07, 6.45) is 13.4. The minimum atomic E-state index is -1.44. The molecule has 3 saturated heterocycles. The number of nitrogens with zero attached hydrogens (tertiary/aromatic N) is 4. The third-order valence-electron chi connectivity index (χ3n) is 27.8. The van der Waals surface area contributed by atoms with Gasteiger partial charge in [-0.25, -0.2) is 0 Å². The summed E-state index contributed by atoms with van der Waals surface area (Å²) in [5, 5.41) is 23.0. The second-order valence-electron chi connectivity index (χ2n) is 36.7. The monoisotopic (exact) mass is 1730 g/mol. The number of carbonyl (C=O) groups excluding carboxylic acids is 8. The zero-order chi connectivity index (χ0) is 87.5. The average molecular weight is 1730 g/mol. The summed E-state index contributed by atoms with van der Waals surface area (Å²) in [4.78, 5) is 144. The Kier molecular flexibility index (Phi) is 32.6. The van der Waals surface area contributed by atoms with Crippen LogP contribution in [0.1, 0.15) is 178 Å². The van der Waals surface area contributed by atoms with E-state index >= 15 is 38.4 Å². The van der Waals surface area contributed by atoms with E-state index in [-0.39, 0.29) is 94.7 Å². The van der Waals surface area contributed by atoms with E-state index in [4.69, 9.17) is 17.2 Å². The van der Waals surface area contributed by atoms with Gasteiger partial charge in [0.15, 0.2) is 29.1 Å². The molecule has 2 aromatic heterocycles. The van der Waals surface area contributed by atoms with Gasteiger partial charge in [0.25, 0.3) is 0 Å². The maximum atomic E-state index is 16.4. The Hall–Kier alpha value is -9.33. The van der Waals surface area contributed by atoms with E-state index in [0.717, 1.165) is 101 Å². The lowest BCUT2D eigenvalue weighted by atomic mass is 9.70. The number of aliphatic hydroxyl groups excluding tert-OH is 1. The Bertz CT molecular complexity index is 5070. The molecule has 125 heavy (non-hydrogen) atoms. The van der Waals surface area contributed by atoms with Crippen molar-refractivity contribution in [3.63, 3.8) is 0 Å². The van der Waals surface area contributed by atoms with Crippen LogP contribution in [0.15, 0.2) is 175 Å². The number of aliphatic hydroxyl groups is 1. The number of guanidine groups is 1. The van der Waals surface area contributed by atoms with Crippen LogP contribution in [0.5, 0.6) is 0 Å². The number of aliphatic imine (C=N–C) groups is 1. The number of thioether (sulfide) groups is 2. The predicted molar refractivity (Wildman–Crippen MR) is 503 cm³/mol. The first-order chi connectivity index (χ1) is 60.7. The highest BCUT2D eigenvalue weighted by atomic mass is 32.2. The van der Waals surface area contributed by atoms with Crippen molar-refractivity contribution in [1.82, 2.24) is 40.6 Å². The highest BCUT2D eigenvalue weighted by Gasteiger charge is 2.44. The first kappa shape index (κ1) is 91.9. The number of benzene rings is 6. The van der Waals surface area contributed by atoms with E-state index < -0.39 is 89.0 Å². The number of hydrogen-bond acceptors (Lipinski definition) is 16. The van der Waals surface area contributed by atoms with Crippen molar-refractivity contribution in [1.29, 1.82) is 0 Å². The molecule has 15 atom stereocenters. The molecule has 5 heterocycles. The van der Waals surface area contributed by atoms with Crippen LogP contribution < -0.4 is 33.2 Å². The first-order valence-corrected chi connectivity index (χ1v) is 48.4. The lowest BCUT2D eigenvalue weighted by molar-refractivity contribution is -0.137. The Morgan fingerprint density at radius 3 is 1.75 bits per heavy atom. The summed E-state index contributed by atoms with van der Waals surface area (Å²) < 4.78 is 0. The van der Waals surface area contributed by atoms with Crippen molar-refractivity contribution in [2.45, 2.75) is 209 Å². The van der Waals surface area contributed by atoms with E-state index in [0.29, 0.717) is 100 Å². The smallest absolute Gasteiger partial charge is 0.224 e. The number of hydrogen-bond donors (Lipinski definition) is 9. The van der Waals surface area contributed by atoms with Crippen molar-refractivity contribution in [2.75, 3.05) is 76.4 Å². The van der Waals surface area contributed by atoms with Crippen molar-refractivity contribution >= 4 is 104 Å². The van der Waals surface area contributed by atoms with Crippen LogP contribution in [-0.2, 0) is 76.9 Å². The summed E-state index contributed by atoms with van der Waals surface area (Å²) in [6, 6.07) is 45.8. The number of aromatic nitrogens is 2. The van der Waals surface area contributed by atoms with Crippen molar-refractivity contribution in [3.8, 4) is 0 Å². The van der Waals surface area contributed by atoms with Gasteiger partial charge in [-0.2, -0.15) is 23.5 Å². The number of aromatic amines is 2. The van der Waals surface area contributed by atoms with Crippen LogP contribution in [0.2, 0.25) is 0 Å². The van der Waals surface area contributed by atoms with E-state index in [1.807, 2.05) is 139 Å². The summed E-state index contributed by atoms with van der Waals surface area (Å²) in [7, 11) is 4.59. The standard InChI is InChI=1S/C102H130N12O9S2/c1-65(115)98-95(120)57-75(47-66-23-8-4-9-24-66)91(116)38-15-7-14-37-88(114(43-45-124-63-69-49-82-80-33-20-30-71-39-40-72(96(71)80)53-89(82)112(2)61-69)44-46-125-64-70-50-83-81-34-21-36-85-97(81)78(60-108-85)54-90(83)113(3)62-70)94(119)56-74(31-22-42-106-102(104)105)99(121)109-86(51-68-27-12-6-13-28-68)93(118)58-76(48-67-25-10-5-11-26-67)101(123)110-87(52-77-59-107-84-35-17-16-32-79(77)84)92(117)55-73(100(122)111-98)29-18-19-41-103/h4-6,8-13,16-17,20-21,23-28,30,32-36,40,59-60,65,69-70,73-76,82-83,86-90,98,107-108,115H,7,14-15,18-19,22,29,31,37-39,41-58,61-64,103H2,1-3H3,(H,109,121)(H,110,123)(H,111,122)(H4,104,105,106)/t65-,69-,70-,73-,74-,75-,76-,82-,83-,86+,87-,88-,89-,90-,98+/m1/s1. The van der Waals surface area contributed by atoms with Gasteiger partial charge in [-0.05, 0) is 209 Å². The van der Waals surface area contributed by atoms with E-state index in [1.165, 1.54) is 51.2 Å². The maximum absolute atomic E-state index is 16.4. The molecule has 3 aliphatic carbocycles. The lowest BCUT2D eigenvalue weighted by Gasteiger charge is -2.47. The van der Waals surface area contributed by atoms with E-state index in [9.17, 15) is 5.11 Å². The summed E-state index contributed by atoms with van der Waals surface area (Å²) in [6.45, 7) is 5.14. The van der Waals surface area contributed by atoms with Crippen LogP contribution in [0.25, 0.3) is 27.4 Å². The van der Waals surface area contributed by atoms with Gasteiger partial charge in [-0.15, -0.1) is 0 Å². The summed E-state index contributed by atoms with van der Waals surface area (Å²) >= 11 is 3.91. The van der Waals surface area contributed by atoms with Gasteiger partial charge in [0, 0.05) is 165 Å². The molecule has 6 aromatic carbocycles. The number of H-pyrrole nitrogens is 2. The van der Waals surface area contributed by atoms with Gasteiger partial charge in [-0.1, -0.05) is 165 Å². The molecule has 12 N–H and O–H groups in total. The van der Waals surface area contributed by atoms with E-state index in [1.54, 1.807) is 6.20 Å². The van der Waals surface area contributed by atoms with Gasteiger partial charge in [0.1, 0.15) is 11.8 Å². The largest absolute Gasteiger partial charge is 0.391 e. The summed E-state index contributed by atoms with van der Waals surface area (Å²) in [5.74, 6) is -2.28. The maximum Gasteiger partial charge on any atom is 0.224 e. The summed E-state index contributed by atoms with van der Waals surface area (Å²) in [5.41, 5.74) is 31.8. The lowest BCUT2D eigenvalue weighted by Crippen LogP contribution is -2.51. The number of amides is 3. The van der Waals surface area contributed by atoms with Gasteiger partial charge in [-0.3, -0.25) is 48.2 Å². The van der Waals surface area contributed by atoms with Crippen LogP contribution in [0, 0.1) is 35.5 Å². The van der Waals surface area contributed by atoms with Crippen molar-refractivity contribution in [3.05, 3.63) is 220 Å². The van der Waals surface area contributed by atoms with Crippen LogP contribution >= 0.6 is 23.5 Å². The first-order valence-electron chi connectivity index (χ1n) is 46.1. The third kappa shape index (κ3) is 23.9. The molecule has 23 heteroatoms. The molecule has 664 valence electrons. The number of allylic oxidation sites excluding steroid dienone is 1. The zero-order valence-electron chi connectivity index (χ0n) is 73.2. The third-order valence-corrected chi connectivity index (χ3v) is 30.1. The van der Waals surface area contributed by atoms with Crippen LogP contribution in [0.3, 0.4) is 0 Å². The van der Waals surface area contributed by atoms with Gasteiger partial charge >= 0.3 is 0 Å². The molecule has 8 aromatic rings. The number of piperidine rings is 2. The van der Waals surface area contributed by atoms with Gasteiger partial charge in [0.05, 0.1) is 24.2 Å². The molecule has 3 aliphatic heterocycles. The molecule has 3 amide bonds. The minimum Gasteiger partial charge on any atom is -0.391 e. The van der Waals surface area contributed by atoms with Gasteiger partial charge in [0.2, 0.25) is 17.7 Å². The molecule has 14 rings (SSSR count). The number of ketones is 5. The molecule has 6 aliphatic rings. The number of rotatable bonds is 28. The Balaban J connectivity index is 0.795. The number of likely N-dealkylation sites (N-methyl/N-ethyl adjacent to an activating group) is 2. The Morgan fingerprint density at radius 2 is 1.09 bits per heavy atom. The number of para-hydroxylation sites is 1. The zero-order valence-corrected chi connectivity index (χ0v) is 74.8. The van der Waals surface area contributed by atoms with Crippen LogP contribution in [0.4, 0.5) is 0 Å². The number of carbonyl (C=O) groups is 8. The minimum absolute atomic E-state index is 0.00206. The highest BCUT2D eigenvalue weighted by Crippen LogP contribution is 2.50. The van der Waals surface area contributed by atoms with Crippen molar-refractivity contribution < 1.29 is 43.5 Å². The molecule has 21 nitrogen and oxygen atoms in total. The second-order valence-corrected chi connectivity index (χ2v) is 39.0. The molecule has 0 saturated carbocycles. The van der Waals surface area contributed by atoms with Crippen molar-refractivity contribution in [2.24, 2.45) is 57.7 Å². The fourth-order valence-corrected chi connectivity index (χ4v) is 23.5. The topological polar surface area (TPSA) is 325 Å². The molecule has 0 radical (unpaired) electrons. The molecular formula is C102H130N12O9S2. The molecule has 3 fully saturated rings. The predicted octanol–water partition coefficient (Wildman–Crippen LogP) is 13.0. The second kappa shape index (κ2) is 44.4. The molecule has 0 bridgehead atoms. The number of likely N-dealkylation sites (tertiary alicyclic amines) is 2. The normalized spacial score (nSPS) is 25.8. The fraction of sp³-hybridized carbons (Fsp3) is 0.500. The van der Waals surface area contributed by atoms with Crippen LogP contribution in [-0.4, -0.2) is 201 Å². The molecule has 0 spiro atoms.